The van der Waals surface area contributed by atoms with E-state index < -0.39 is 0 Å². The molecule has 4 heterocycles. The van der Waals surface area contributed by atoms with Gasteiger partial charge in [0, 0.05) is 17.0 Å². The fraction of sp³-hybridized carbons (Fsp3) is 0.333. The molecular formula is C30H31N7O. The summed E-state index contributed by atoms with van der Waals surface area (Å²) in [5, 5.41) is 3.49. The number of fused-ring (bicyclic) bond motifs is 1. The first-order chi connectivity index (χ1) is 18.7. The second kappa shape index (κ2) is 9.68. The number of H-pyrrole nitrogens is 2. The highest BCUT2D eigenvalue weighted by molar-refractivity contribution is 5.84. The summed E-state index contributed by atoms with van der Waals surface area (Å²) in [5.41, 5.74) is 7.46. The maximum absolute atomic E-state index is 5.68. The van der Waals surface area contributed by atoms with Crippen molar-refractivity contribution >= 4 is 11.0 Å². The van der Waals surface area contributed by atoms with E-state index in [1.165, 1.54) is 32.1 Å². The van der Waals surface area contributed by atoms with Gasteiger partial charge in [-0.2, -0.15) is 0 Å². The van der Waals surface area contributed by atoms with Crippen LogP contribution in [-0.4, -0.2) is 43.6 Å². The Balaban J connectivity index is 1.16. The Morgan fingerprint density at radius 2 is 1.45 bits per heavy atom. The van der Waals surface area contributed by atoms with Crippen LogP contribution in [0.2, 0.25) is 0 Å². The molecule has 1 saturated carbocycles. The monoisotopic (exact) mass is 505 g/mol. The van der Waals surface area contributed by atoms with Gasteiger partial charge in [-0.05, 0) is 49.9 Å². The van der Waals surface area contributed by atoms with Gasteiger partial charge in [-0.1, -0.05) is 43.2 Å². The largest absolute Gasteiger partial charge is 0.479 e. The van der Waals surface area contributed by atoms with Crippen molar-refractivity contribution in [1.82, 2.24) is 35.2 Å². The van der Waals surface area contributed by atoms with Gasteiger partial charge in [0.05, 0.1) is 48.0 Å². The quantitative estimate of drug-likeness (QED) is 0.255. The van der Waals surface area contributed by atoms with Crippen LogP contribution in [0.5, 0.6) is 5.88 Å². The maximum Gasteiger partial charge on any atom is 0.240 e. The molecule has 2 fully saturated rings. The number of methoxy groups -OCH3 is 1. The molecule has 8 heteroatoms. The van der Waals surface area contributed by atoms with Crippen LogP contribution in [0.1, 0.15) is 62.1 Å². The SMILES string of the molecule is COc1nc2cc(-c3cnc(C4CCCC4)[nH]3)ccc2nc1-c1ccc(-c2cnc([C@@H]3CCCN3)[nH]2)cc1. The highest BCUT2D eigenvalue weighted by Gasteiger charge is 2.21. The molecule has 0 radical (unpaired) electrons. The van der Waals surface area contributed by atoms with Gasteiger partial charge in [0.25, 0.3) is 0 Å². The summed E-state index contributed by atoms with van der Waals surface area (Å²) < 4.78 is 5.68. The smallest absolute Gasteiger partial charge is 0.240 e. The minimum Gasteiger partial charge on any atom is -0.479 e. The standard InChI is InChI=1S/C30H31N7O/c1-38-30-27(19-10-8-18(9-11-19)25-16-33-29(36-25)23-7-4-14-31-23)34-22-13-12-21(15-24(22)37-30)26-17-32-28(35-26)20-5-2-3-6-20/h8-13,15-17,20,23,31H,2-7,14H2,1H3,(H,32,35)(H,33,36)/t23-/m0/s1. The van der Waals surface area contributed by atoms with E-state index in [4.69, 9.17) is 14.7 Å². The number of hydrogen-bond acceptors (Lipinski definition) is 6. The molecule has 1 saturated heterocycles. The van der Waals surface area contributed by atoms with Crippen molar-refractivity contribution in [2.24, 2.45) is 0 Å². The molecule has 1 aliphatic heterocycles. The number of hydrogen-bond donors (Lipinski definition) is 3. The summed E-state index contributed by atoms with van der Waals surface area (Å²) in [7, 11) is 1.64. The summed E-state index contributed by atoms with van der Waals surface area (Å²) >= 11 is 0. The Bertz CT molecular complexity index is 1570. The molecular weight excluding hydrogens is 474 g/mol. The first kappa shape index (κ1) is 23.1. The predicted molar refractivity (Wildman–Crippen MR) is 148 cm³/mol. The summed E-state index contributed by atoms with van der Waals surface area (Å²) in [5.74, 6) is 3.17. The lowest BCUT2D eigenvalue weighted by Gasteiger charge is -2.10. The second-order valence-corrected chi connectivity index (χ2v) is 10.4. The van der Waals surface area contributed by atoms with Crippen LogP contribution in [0.15, 0.2) is 54.9 Å². The van der Waals surface area contributed by atoms with Crippen molar-refractivity contribution < 1.29 is 4.74 Å². The fourth-order valence-electron chi connectivity index (χ4n) is 5.81. The molecule has 0 amide bonds. The average molecular weight is 506 g/mol. The molecule has 2 aromatic carbocycles. The summed E-state index contributed by atoms with van der Waals surface area (Å²) in [6, 6.07) is 14.8. The fourth-order valence-corrected chi connectivity index (χ4v) is 5.81. The molecule has 192 valence electrons. The summed E-state index contributed by atoms with van der Waals surface area (Å²) in [6.45, 7) is 1.05. The van der Waals surface area contributed by atoms with E-state index in [1.807, 2.05) is 18.5 Å². The first-order valence-corrected chi connectivity index (χ1v) is 13.6. The maximum atomic E-state index is 5.68. The summed E-state index contributed by atoms with van der Waals surface area (Å²) in [6.07, 6.45) is 11.2. The molecule has 8 nitrogen and oxygen atoms in total. The molecule has 5 aromatic rings. The van der Waals surface area contributed by atoms with Crippen LogP contribution >= 0.6 is 0 Å². The lowest BCUT2D eigenvalue weighted by Crippen LogP contribution is -2.14. The van der Waals surface area contributed by atoms with Gasteiger partial charge in [0.1, 0.15) is 17.3 Å². The third kappa shape index (κ3) is 4.24. The van der Waals surface area contributed by atoms with Crippen molar-refractivity contribution in [3.63, 3.8) is 0 Å². The van der Waals surface area contributed by atoms with E-state index in [0.717, 1.165) is 69.4 Å². The molecule has 1 atom stereocenters. The zero-order chi connectivity index (χ0) is 25.5. The van der Waals surface area contributed by atoms with E-state index >= 15 is 0 Å². The van der Waals surface area contributed by atoms with Gasteiger partial charge in [0.2, 0.25) is 5.88 Å². The topological polar surface area (TPSA) is 104 Å². The average Bonchev–Trinajstić information content (AvgIpc) is 3.78. The molecule has 3 N–H and O–H groups in total. The number of nitrogens with zero attached hydrogens (tertiary/aromatic N) is 4. The van der Waals surface area contributed by atoms with Gasteiger partial charge in [-0.25, -0.2) is 19.9 Å². The molecule has 3 aromatic heterocycles. The molecule has 1 aliphatic carbocycles. The van der Waals surface area contributed by atoms with E-state index in [9.17, 15) is 0 Å². The Hall–Kier alpha value is -4.04. The van der Waals surface area contributed by atoms with Gasteiger partial charge in [0.15, 0.2) is 0 Å². The third-order valence-electron chi connectivity index (χ3n) is 7.93. The zero-order valence-corrected chi connectivity index (χ0v) is 21.5. The van der Waals surface area contributed by atoms with Crippen molar-refractivity contribution in [1.29, 1.82) is 0 Å². The minimum atomic E-state index is 0.322. The van der Waals surface area contributed by atoms with Crippen molar-refractivity contribution in [2.75, 3.05) is 13.7 Å². The van der Waals surface area contributed by atoms with Crippen LogP contribution in [-0.2, 0) is 0 Å². The predicted octanol–water partition coefficient (Wildman–Crippen LogP) is 6.17. The Morgan fingerprint density at radius 3 is 2.21 bits per heavy atom. The van der Waals surface area contributed by atoms with Crippen LogP contribution < -0.4 is 10.1 Å². The van der Waals surface area contributed by atoms with E-state index in [-0.39, 0.29) is 0 Å². The number of imidazole rings is 2. The van der Waals surface area contributed by atoms with Gasteiger partial charge in [-0.15, -0.1) is 0 Å². The highest BCUT2D eigenvalue weighted by Crippen LogP contribution is 2.35. The zero-order valence-electron chi connectivity index (χ0n) is 21.5. The number of benzene rings is 2. The van der Waals surface area contributed by atoms with Crippen LogP contribution in [0, 0.1) is 0 Å². The minimum absolute atomic E-state index is 0.322. The Kier molecular flexibility index (Phi) is 5.89. The first-order valence-electron chi connectivity index (χ1n) is 13.6. The second-order valence-electron chi connectivity index (χ2n) is 10.4. The van der Waals surface area contributed by atoms with Gasteiger partial charge in [-0.3, -0.25) is 0 Å². The normalized spacial score (nSPS) is 18.0. The number of rotatable bonds is 6. The van der Waals surface area contributed by atoms with E-state index in [1.54, 1.807) is 7.11 Å². The van der Waals surface area contributed by atoms with Crippen LogP contribution in [0.4, 0.5) is 0 Å². The number of aromatic nitrogens is 6. The third-order valence-corrected chi connectivity index (χ3v) is 7.93. The molecule has 0 unspecified atom stereocenters. The lowest BCUT2D eigenvalue weighted by molar-refractivity contribution is 0.400. The van der Waals surface area contributed by atoms with Gasteiger partial charge >= 0.3 is 0 Å². The van der Waals surface area contributed by atoms with E-state index in [0.29, 0.717) is 17.8 Å². The van der Waals surface area contributed by atoms with Crippen LogP contribution in [0.25, 0.3) is 44.8 Å². The van der Waals surface area contributed by atoms with Crippen molar-refractivity contribution in [3.8, 4) is 39.7 Å². The molecule has 0 spiro atoms. The number of nitrogens with one attached hydrogen (secondary N) is 3. The lowest BCUT2D eigenvalue weighted by atomic mass is 10.1. The van der Waals surface area contributed by atoms with Crippen LogP contribution in [0.3, 0.4) is 0 Å². The molecule has 7 rings (SSSR count). The molecule has 2 aliphatic rings. The van der Waals surface area contributed by atoms with E-state index in [2.05, 4.69) is 61.7 Å². The highest BCUT2D eigenvalue weighted by atomic mass is 16.5. The van der Waals surface area contributed by atoms with Crippen molar-refractivity contribution in [3.05, 3.63) is 66.5 Å². The van der Waals surface area contributed by atoms with Crippen molar-refractivity contribution in [2.45, 2.75) is 50.5 Å². The molecule has 0 bridgehead atoms. The Labute approximate surface area is 221 Å². The molecule has 38 heavy (non-hydrogen) atoms. The Morgan fingerprint density at radius 1 is 0.737 bits per heavy atom. The number of ether oxygens (including phenoxy) is 1. The number of aromatic amines is 2. The summed E-state index contributed by atoms with van der Waals surface area (Å²) in [4.78, 5) is 26.0. The van der Waals surface area contributed by atoms with Gasteiger partial charge < -0.3 is 20.0 Å².